The number of carbonyl (C=O) groups excluding carboxylic acids is 8. The molecule has 1 aromatic rings. The van der Waals surface area contributed by atoms with Gasteiger partial charge in [0, 0.05) is 107 Å². The minimum Gasteiger partial charge on any atom is -0.507 e. The fourth-order valence-corrected chi connectivity index (χ4v) is 14.7. The van der Waals surface area contributed by atoms with E-state index in [1.807, 2.05) is 0 Å². The van der Waals surface area contributed by atoms with Gasteiger partial charge in [-0.05, 0) is 45.2 Å². The van der Waals surface area contributed by atoms with Gasteiger partial charge >= 0.3 is 50.9 Å². The molecule has 5 aliphatic heterocycles. The number of allylic oxidation sites excluding steroid dienone is 4. The maximum atomic E-state index is 15.1. The van der Waals surface area contributed by atoms with Crippen LogP contribution in [0.25, 0.3) is 0 Å². The number of aliphatic hydroxyl groups is 1. The summed E-state index contributed by atoms with van der Waals surface area (Å²) >= 11 is 0. The van der Waals surface area contributed by atoms with E-state index in [4.69, 9.17) is 38.2 Å². The zero-order valence-electron chi connectivity index (χ0n) is 55.0. The Morgan fingerprint density at radius 3 is 2.14 bits per heavy atom. The molecule has 7 rings (SSSR count). The van der Waals surface area contributed by atoms with Gasteiger partial charge in [-0.1, -0.05) is 73.1 Å². The molecule has 0 aromatic heterocycles. The van der Waals surface area contributed by atoms with Crippen LogP contribution in [0.15, 0.2) is 52.5 Å². The van der Waals surface area contributed by atoms with E-state index >= 15 is 9.59 Å². The van der Waals surface area contributed by atoms with Crippen molar-refractivity contribution in [3.05, 3.63) is 69.8 Å². The Morgan fingerprint density at radius 1 is 0.862 bits per heavy atom. The van der Waals surface area contributed by atoms with Crippen LogP contribution in [0.5, 0.6) is 11.5 Å². The first-order valence-corrected chi connectivity index (χ1v) is 34.5. The maximum absolute atomic E-state index is 15.1. The number of piperidine rings is 1. The van der Waals surface area contributed by atoms with Gasteiger partial charge in [0.2, 0.25) is 12.6 Å². The number of phenols is 1. The first kappa shape index (κ1) is 76.2. The van der Waals surface area contributed by atoms with Crippen molar-refractivity contribution in [2.75, 3.05) is 66.3 Å². The van der Waals surface area contributed by atoms with E-state index in [-0.39, 0.29) is 83.0 Å². The molecule has 0 saturated carbocycles. The van der Waals surface area contributed by atoms with Crippen LogP contribution in [0, 0.1) is 36.5 Å². The maximum Gasteiger partial charge on any atom is 0.410 e. The number of hydrogen-bond donors (Lipinski definition) is 9. The molecule has 94 heavy (non-hydrogen) atoms. The first-order chi connectivity index (χ1) is 44.0. The number of ketones is 2. The van der Waals surface area contributed by atoms with Crippen molar-refractivity contribution in [2.45, 2.75) is 156 Å². The molecule has 9 N–H and O–H groups in total. The molecule has 2 amide bonds. The molecule has 1 fully saturated rings. The molecule has 6 aliphatic rings. The highest BCUT2D eigenvalue weighted by Crippen LogP contribution is 2.61. The van der Waals surface area contributed by atoms with Crippen LogP contribution in [-0.4, -0.2) is 200 Å². The van der Waals surface area contributed by atoms with Gasteiger partial charge in [0.25, 0.3) is 11.7 Å². The van der Waals surface area contributed by atoms with Crippen LogP contribution < -0.4 is 20.7 Å². The number of carbonyl (C=O) groups is 8. The van der Waals surface area contributed by atoms with Crippen LogP contribution in [0.1, 0.15) is 140 Å². The first-order valence-electron chi connectivity index (χ1n) is 31.1. The van der Waals surface area contributed by atoms with Gasteiger partial charge in [-0.15, -0.1) is 0 Å². The Morgan fingerprint density at radius 2 is 1.52 bits per heavy atom. The topological polar surface area (TPSA) is 421 Å². The Hall–Kier alpha value is -6.85. The Labute approximate surface area is 545 Å². The molecule has 9 atom stereocenters. The summed E-state index contributed by atoms with van der Waals surface area (Å²) in [6.45, 7) is 17.2. The third kappa shape index (κ3) is 18.8. The molecule has 30 nitrogen and oxygen atoms in total. The number of amides is 2. The van der Waals surface area contributed by atoms with Gasteiger partial charge in [-0.3, -0.25) is 52.6 Å². The number of alkyl carbamates (subject to hydrolysis) is 1. The monoisotopic (exact) mass is 1360 g/mol. The second-order valence-electron chi connectivity index (χ2n) is 24.9. The van der Waals surface area contributed by atoms with E-state index in [1.54, 1.807) is 33.8 Å². The van der Waals surface area contributed by atoms with Crippen molar-refractivity contribution in [3.8, 4) is 11.5 Å². The van der Waals surface area contributed by atoms with Crippen molar-refractivity contribution in [1.29, 1.82) is 0 Å². The lowest BCUT2D eigenvalue weighted by Gasteiger charge is -2.39. The number of ether oxygens (including phenoxy) is 8. The molecule has 0 unspecified atom stereocenters. The lowest BCUT2D eigenvalue weighted by atomic mass is 9.78. The number of unbranched alkanes of at least 4 members (excludes halogenated alkanes) is 1. The second kappa shape index (κ2) is 32.3. The standard InChI is InChI=1S/C62H90N6O24P2/c1-13-42(70)87-32-88-60(78)63-29-43(71)86-28-26-67(23-15-14-19-45(93(79,80)81)94(82,83)84)31-44(72)91-55-34(4)17-16-18-35(5)59(77)64-51-50-49(65-62(66-50)21-24-68(25-22-62)30-33(2)3)46-47(54(51)75)53(74)39(9)57-48(46)58(76)61(11,92-57)89-27-20-41(85-12)36(6)56(90-40(10)69)38(8)52(73)37(55)7/h16-18,20,27,33-34,36-38,41,45,52,55-56,66,73-74H,13-15,19,21-26,28-32H2,1-12H3,(H,63,78)(H,64,77)(H2,79,80,81)(H2,82,83,84)/b17-16+,27-20+,35-18-/t34-,36+,37-,38+,41-,52+,55-,56+,61-/m0/s1. The van der Waals surface area contributed by atoms with Crippen LogP contribution in [-0.2, 0) is 66.3 Å². The number of Topliss-reactive ketones (excluding diaryl/α,β-unsaturated/α-hetero) is 2. The van der Waals surface area contributed by atoms with Gasteiger partial charge in [0.15, 0.2) is 5.40 Å². The number of aliphatic imine (C=N–C) groups is 1. The quantitative estimate of drug-likeness (QED) is 0.0254. The Bertz CT molecular complexity index is 3270. The number of likely N-dealkylation sites (tertiary alicyclic amines) is 1. The molecule has 5 bridgehead atoms. The average molecular weight is 1370 g/mol. The highest BCUT2D eigenvalue weighted by Gasteiger charge is 2.55. The van der Waals surface area contributed by atoms with E-state index in [9.17, 15) is 67.7 Å². The van der Waals surface area contributed by atoms with E-state index in [2.05, 4.69) is 39.4 Å². The lowest BCUT2D eigenvalue weighted by molar-refractivity contribution is -0.166. The normalized spacial score (nSPS) is 26.3. The summed E-state index contributed by atoms with van der Waals surface area (Å²) in [4.78, 5) is 156. The van der Waals surface area contributed by atoms with Crippen molar-refractivity contribution in [2.24, 2.45) is 34.6 Å². The van der Waals surface area contributed by atoms with E-state index in [1.165, 1.54) is 71.1 Å². The van der Waals surface area contributed by atoms with Crippen LogP contribution in [0.3, 0.4) is 0 Å². The summed E-state index contributed by atoms with van der Waals surface area (Å²) in [5.41, 5.74) is -1.21. The number of benzene rings is 1. The Balaban J connectivity index is 1.36. The van der Waals surface area contributed by atoms with Crippen molar-refractivity contribution >= 4 is 68.3 Å². The van der Waals surface area contributed by atoms with Gasteiger partial charge < -0.3 is 88.5 Å². The highest BCUT2D eigenvalue weighted by molar-refractivity contribution is 7.70. The zero-order valence-corrected chi connectivity index (χ0v) is 56.8. The van der Waals surface area contributed by atoms with E-state index in [0.717, 1.165) is 6.54 Å². The molecule has 32 heteroatoms. The lowest BCUT2D eigenvalue weighted by Crippen LogP contribution is -2.50. The predicted octanol–water partition coefficient (Wildman–Crippen LogP) is 4.50. The number of nitrogens with one attached hydrogen (secondary N) is 3. The largest absolute Gasteiger partial charge is 0.507 e. The molecule has 5 heterocycles. The number of esters is 4. The zero-order chi connectivity index (χ0) is 69.9. The molecule has 1 saturated heterocycles. The second-order valence-corrected chi connectivity index (χ2v) is 28.9. The van der Waals surface area contributed by atoms with Crippen molar-refractivity contribution in [1.82, 2.24) is 25.8 Å². The number of hydrogen-bond acceptors (Lipinski definition) is 24. The summed E-state index contributed by atoms with van der Waals surface area (Å²) < 4.78 is 69.3. The number of nitrogens with zero attached hydrogens (tertiary/aromatic N) is 3. The van der Waals surface area contributed by atoms with Crippen molar-refractivity contribution < 1.29 is 115 Å². The van der Waals surface area contributed by atoms with Crippen LogP contribution in [0.4, 0.5) is 4.79 Å². The Kier molecular flexibility index (Phi) is 26.1. The molecule has 1 spiro atoms. The number of rotatable bonds is 22. The molecular weight excluding hydrogens is 1270 g/mol. The minimum absolute atomic E-state index is 0.0000701. The van der Waals surface area contributed by atoms with E-state index in [0.29, 0.717) is 31.8 Å². The van der Waals surface area contributed by atoms with Gasteiger partial charge in [-0.25, -0.2) is 4.79 Å². The predicted molar refractivity (Wildman–Crippen MR) is 335 cm³/mol. The average Bonchev–Trinajstić information content (AvgIpc) is 1.51. The summed E-state index contributed by atoms with van der Waals surface area (Å²) in [5.74, 6) is -11.4. The number of aliphatic hydroxyl groups excluding tert-OH is 1. The van der Waals surface area contributed by atoms with Gasteiger partial charge in [0.05, 0.1) is 47.6 Å². The number of phenolic OH excluding ortho intramolecular Hbond substituents is 1. The fraction of sp³-hybridized carbons (Fsp3) is 0.629. The van der Waals surface area contributed by atoms with Gasteiger partial charge in [-0.2, -0.15) is 0 Å². The number of fused-ring (bicyclic) bond motifs is 13. The third-order valence-electron chi connectivity index (χ3n) is 17.3. The van der Waals surface area contributed by atoms with Gasteiger partial charge in [0.1, 0.15) is 48.2 Å². The summed E-state index contributed by atoms with van der Waals surface area (Å²) in [5, 5.41) is 30.5. The fourth-order valence-electron chi connectivity index (χ4n) is 12.1. The van der Waals surface area contributed by atoms with Crippen LogP contribution >= 0.6 is 15.2 Å². The molecule has 522 valence electrons. The molecular formula is C62H90N6O24P2. The number of methoxy groups -OCH3 is 1. The number of aromatic hydroxyl groups is 1. The summed E-state index contributed by atoms with van der Waals surface area (Å²) in [6, 6.07) is 0. The third-order valence-corrected chi connectivity index (χ3v) is 21.1. The smallest absolute Gasteiger partial charge is 0.410 e. The molecule has 0 radical (unpaired) electrons. The summed E-state index contributed by atoms with van der Waals surface area (Å²) in [6.07, 6.45) is 1.41. The summed E-state index contributed by atoms with van der Waals surface area (Å²) in [7, 11) is -9.19. The van der Waals surface area contributed by atoms with E-state index < -0.39 is 166 Å². The highest BCUT2D eigenvalue weighted by atomic mass is 31.2. The SMILES string of the molecule is CCC(=O)OCOC(=O)NCC(=O)OCCN(CCCCC(P(=O)(O)O)P(=O)(O)O)CC(=O)O[C@@H]1[C@@H](C)[C@@H](O)[C@@H](C)[C@H](OC(C)=O)[C@H](C)[C@@H](OC)/C=C/O[C@@]2(C)Oc3c(C)c(O)c4c(c3C2=O)C2=NC3(CCN(CC(C)C)CC3)NC2=C(NC(=O)/C(C)=C\C=C\[C@@H]1C)C4=O. The molecule has 1 aliphatic carbocycles. The van der Waals surface area contributed by atoms with Crippen LogP contribution in [0.2, 0.25) is 0 Å². The molecule has 1 aromatic carbocycles. The van der Waals surface area contributed by atoms with Crippen molar-refractivity contribution in [3.63, 3.8) is 0 Å². The minimum atomic E-state index is -5.28.